The van der Waals surface area contributed by atoms with Crippen LogP contribution >= 0.6 is 0 Å². The van der Waals surface area contributed by atoms with E-state index < -0.39 is 0 Å². The largest absolute Gasteiger partial charge is 0.314 e. The fourth-order valence-electron chi connectivity index (χ4n) is 6.79. The van der Waals surface area contributed by atoms with E-state index in [1.807, 2.05) is 0 Å². The molecule has 0 saturated carbocycles. The third-order valence-electron chi connectivity index (χ3n) is 8.43. The molecule has 0 saturated heterocycles. The molecule has 192 valence electrons. The smallest absolute Gasteiger partial charge is 0.0809 e. The van der Waals surface area contributed by atoms with E-state index in [1.165, 1.54) is 60.4 Å². The molecule has 3 heteroatoms. The van der Waals surface area contributed by atoms with Crippen LogP contribution in [0.25, 0.3) is 71.8 Å². The molecule has 0 unspecified atom stereocenters. The average molecular weight is 524 g/mol. The summed E-state index contributed by atoms with van der Waals surface area (Å²) in [7, 11) is 0. The van der Waals surface area contributed by atoms with Gasteiger partial charge < -0.3 is 13.5 Å². The maximum atomic E-state index is 2.43. The molecule has 0 aliphatic carbocycles. The lowest BCUT2D eigenvalue weighted by Crippen LogP contribution is -1.96. The fraction of sp³-hybridized carbons (Fsp3) is 0. The summed E-state index contributed by atoms with van der Waals surface area (Å²) in [4.78, 5) is 0. The van der Waals surface area contributed by atoms with Gasteiger partial charge in [0.25, 0.3) is 0 Å². The lowest BCUT2D eigenvalue weighted by molar-refractivity contribution is 1.18. The first kappa shape index (κ1) is 22.3. The van der Waals surface area contributed by atoms with Gasteiger partial charge in [-0.2, -0.15) is 0 Å². The van der Waals surface area contributed by atoms with Crippen LogP contribution in [0.5, 0.6) is 0 Å². The maximum Gasteiger partial charge on any atom is 0.0809 e. The molecule has 0 spiro atoms. The van der Waals surface area contributed by atoms with Crippen molar-refractivity contribution in [3.8, 4) is 22.5 Å². The molecular formula is C38H25N3. The van der Waals surface area contributed by atoms with E-state index >= 15 is 0 Å². The molecule has 0 aliphatic rings. The van der Waals surface area contributed by atoms with Gasteiger partial charge in [-0.05, 0) is 60.2 Å². The first-order chi connectivity index (χ1) is 20.4. The van der Waals surface area contributed by atoms with E-state index in [-0.39, 0.29) is 0 Å². The molecule has 0 atom stereocenters. The molecule has 0 fully saturated rings. The van der Waals surface area contributed by atoms with E-state index in [1.54, 1.807) is 0 Å². The molecule has 3 nitrogen and oxygen atoms in total. The van der Waals surface area contributed by atoms with Crippen molar-refractivity contribution < 1.29 is 0 Å². The summed E-state index contributed by atoms with van der Waals surface area (Å²) < 4.78 is 7.19. The van der Waals surface area contributed by atoms with Crippen LogP contribution in [0.3, 0.4) is 0 Å². The molecule has 5 aromatic carbocycles. The number of benzene rings is 5. The van der Waals surface area contributed by atoms with Crippen LogP contribution in [0.1, 0.15) is 0 Å². The standard InChI is InChI=1S/C38H25N3/c1-2-14-27(15-3-1)41-34-22-9-6-19-31(34)37-38(41)36(35-23-10-11-24-39(35)37)26-13-12-16-28(25-26)40-32-20-7-4-17-29(32)30-18-5-8-21-33(30)40/h1-25H. The van der Waals surface area contributed by atoms with E-state index in [2.05, 4.69) is 165 Å². The highest BCUT2D eigenvalue weighted by atomic mass is 15.0. The van der Waals surface area contributed by atoms with Crippen LogP contribution in [0.15, 0.2) is 152 Å². The van der Waals surface area contributed by atoms with Gasteiger partial charge >= 0.3 is 0 Å². The summed E-state index contributed by atoms with van der Waals surface area (Å²) in [6.07, 6.45) is 2.19. The highest BCUT2D eigenvalue weighted by Gasteiger charge is 2.23. The predicted molar refractivity (Wildman–Crippen MR) is 172 cm³/mol. The van der Waals surface area contributed by atoms with Crippen LogP contribution < -0.4 is 0 Å². The summed E-state index contributed by atoms with van der Waals surface area (Å²) >= 11 is 0. The van der Waals surface area contributed by atoms with Crippen LogP contribution in [0.2, 0.25) is 0 Å². The lowest BCUT2D eigenvalue weighted by atomic mass is 10.0. The summed E-state index contributed by atoms with van der Waals surface area (Å²) in [5, 5.41) is 3.79. The van der Waals surface area contributed by atoms with Crippen LogP contribution in [0, 0.1) is 0 Å². The van der Waals surface area contributed by atoms with Gasteiger partial charge in [-0.25, -0.2) is 0 Å². The zero-order chi connectivity index (χ0) is 26.9. The predicted octanol–water partition coefficient (Wildman–Crippen LogP) is 9.80. The summed E-state index contributed by atoms with van der Waals surface area (Å²) in [5.74, 6) is 0. The SMILES string of the molecule is c1ccc(-n2c3ccccc3c3c2c(-c2cccc(-n4c5ccccc5c5ccccc54)c2)c2ccccn23)cc1. The summed E-state index contributed by atoms with van der Waals surface area (Å²) in [6.45, 7) is 0. The van der Waals surface area contributed by atoms with E-state index in [9.17, 15) is 0 Å². The normalized spacial score (nSPS) is 11.9. The van der Waals surface area contributed by atoms with Gasteiger partial charge in [-0.3, -0.25) is 0 Å². The number of fused-ring (bicyclic) bond motifs is 8. The van der Waals surface area contributed by atoms with Gasteiger partial charge in [0.1, 0.15) is 0 Å². The highest BCUT2D eigenvalue weighted by Crippen LogP contribution is 2.43. The van der Waals surface area contributed by atoms with Crippen molar-refractivity contribution >= 4 is 49.3 Å². The molecule has 4 heterocycles. The van der Waals surface area contributed by atoms with Crippen molar-refractivity contribution in [2.24, 2.45) is 0 Å². The minimum atomic E-state index is 1.16. The van der Waals surface area contributed by atoms with E-state index in [0.29, 0.717) is 0 Å². The lowest BCUT2D eigenvalue weighted by Gasteiger charge is -2.12. The number of nitrogens with zero attached hydrogens (tertiary/aromatic N) is 3. The van der Waals surface area contributed by atoms with Crippen molar-refractivity contribution in [2.75, 3.05) is 0 Å². The Morgan fingerprint density at radius 3 is 1.66 bits per heavy atom. The van der Waals surface area contributed by atoms with Gasteiger partial charge in [-0.15, -0.1) is 0 Å². The highest BCUT2D eigenvalue weighted by molar-refractivity contribution is 6.17. The van der Waals surface area contributed by atoms with E-state index in [0.717, 1.165) is 11.4 Å². The van der Waals surface area contributed by atoms with Crippen LogP contribution in [-0.2, 0) is 0 Å². The minimum absolute atomic E-state index is 1.16. The number of hydrogen-bond donors (Lipinski definition) is 0. The molecule has 0 radical (unpaired) electrons. The number of aromatic nitrogens is 3. The Kier molecular flexibility index (Phi) is 4.61. The van der Waals surface area contributed by atoms with Gasteiger partial charge in [-0.1, -0.05) is 91.0 Å². The number of para-hydroxylation sites is 4. The molecule has 0 N–H and O–H groups in total. The quantitative estimate of drug-likeness (QED) is 0.219. The van der Waals surface area contributed by atoms with Crippen molar-refractivity contribution in [1.29, 1.82) is 0 Å². The Bertz CT molecular complexity index is 2360. The Hall–Kier alpha value is -5.54. The summed E-state index contributed by atoms with van der Waals surface area (Å²) in [5.41, 5.74) is 12.1. The topological polar surface area (TPSA) is 14.3 Å². The molecule has 0 amide bonds. The molecular weight excluding hydrogens is 498 g/mol. The number of rotatable bonds is 3. The molecule has 9 rings (SSSR count). The second kappa shape index (κ2) is 8.48. The van der Waals surface area contributed by atoms with Crippen LogP contribution in [0.4, 0.5) is 0 Å². The Labute approximate surface area is 236 Å². The van der Waals surface area contributed by atoms with Gasteiger partial charge in [0.05, 0.1) is 33.1 Å². The van der Waals surface area contributed by atoms with Gasteiger partial charge in [0, 0.05) is 39.3 Å². The maximum absolute atomic E-state index is 2.43. The van der Waals surface area contributed by atoms with Gasteiger partial charge in [0.2, 0.25) is 0 Å². The summed E-state index contributed by atoms with van der Waals surface area (Å²) in [6, 6.07) is 52.4. The fourth-order valence-corrected chi connectivity index (χ4v) is 6.79. The molecule has 0 bridgehead atoms. The van der Waals surface area contributed by atoms with Crippen molar-refractivity contribution in [2.45, 2.75) is 0 Å². The number of pyridine rings is 1. The van der Waals surface area contributed by atoms with Crippen LogP contribution in [-0.4, -0.2) is 13.5 Å². The second-order valence-corrected chi connectivity index (χ2v) is 10.6. The first-order valence-electron chi connectivity index (χ1n) is 14.0. The van der Waals surface area contributed by atoms with Gasteiger partial charge in [0.15, 0.2) is 0 Å². The molecule has 0 aliphatic heterocycles. The molecule has 9 aromatic rings. The molecule has 41 heavy (non-hydrogen) atoms. The van der Waals surface area contributed by atoms with Crippen molar-refractivity contribution in [3.63, 3.8) is 0 Å². The Morgan fingerprint density at radius 1 is 0.366 bits per heavy atom. The number of hydrogen-bond acceptors (Lipinski definition) is 0. The third kappa shape index (κ3) is 3.09. The monoisotopic (exact) mass is 523 g/mol. The van der Waals surface area contributed by atoms with Crippen molar-refractivity contribution in [1.82, 2.24) is 13.5 Å². The minimum Gasteiger partial charge on any atom is -0.314 e. The Morgan fingerprint density at radius 2 is 0.927 bits per heavy atom. The Balaban J connectivity index is 1.41. The first-order valence-corrected chi connectivity index (χ1v) is 14.0. The molecule has 4 aromatic heterocycles. The van der Waals surface area contributed by atoms with E-state index in [4.69, 9.17) is 0 Å². The second-order valence-electron chi connectivity index (χ2n) is 10.6. The van der Waals surface area contributed by atoms with Crippen molar-refractivity contribution in [3.05, 3.63) is 152 Å². The third-order valence-corrected chi connectivity index (χ3v) is 8.43. The average Bonchev–Trinajstić information content (AvgIpc) is 3.67. The zero-order valence-corrected chi connectivity index (χ0v) is 22.3. The zero-order valence-electron chi connectivity index (χ0n) is 22.3.